The molecule has 1 saturated heterocycles. The largest absolute Gasteiger partial charge is 0.392 e. The summed E-state index contributed by atoms with van der Waals surface area (Å²) in [6, 6.07) is 0. The quantitative estimate of drug-likeness (QED) is 0.422. The zero-order valence-electron chi connectivity index (χ0n) is 12.0. The van der Waals surface area contributed by atoms with Gasteiger partial charge in [-0.05, 0) is 24.8 Å². The topological polar surface area (TPSA) is 93.5 Å². The fourth-order valence-corrected chi connectivity index (χ4v) is 4.42. The number of rotatable bonds is 2. The van der Waals surface area contributed by atoms with E-state index in [1.807, 2.05) is 13.8 Å². The summed E-state index contributed by atoms with van der Waals surface area (Å²) in [6.07, 6.45) is 1.17. The molecule has 1 spiro atoms. The first-order valence-electron chi connectivity index (χ1n) is 7.29. The highest BCUT2D eigenvalue weighted by Gasteiger charge is 2.75. The van der Waals surface area contributed by atoms with Gasteiger partial charge in [0.25, 0.3) is 0 Å². The van der Waals surface area contributed by atoms with Crippen molar-refractivity contribution in [3.63, 3.8) is 0 Å². The van der Waals surface area contributed by atoms with Crippen molar-refractivity contribution in [2.45, 2.75) is 57.0 Å². The smallest absolute Gasteiger partial charge is 0.126 e. The molecule has 2 fully saturated rings. The van der Waals surface area contributed by atoms with Crippen LogP contribution in [0.15, 0.2) is 11.6 Å². The second-order valence-electron chi connectivity index (χ2n) is 7.07. The molecule has 20 heavy (non-hydrogen) atoms. The average molecular weight is 284 g/mol. The Hall–Kier alpha value is -0.460. The van der Waals surface area contributed by atoms with Crippen LogP contribution in [0.3, 0.4) is 0 Å². The molecule has 1 aliphatic heterocycles. The molecule has 0 aromatic heterocycles. The fraction of sp³-hybridized carbons (Fsp3) is 0.867. The first-order valence-corrected chi connectivity index (χ1v) is 7.29. The van der Waals surface area contributed by atoms with Crippen molar-refractivity contribution in [2.75, 3.05) is 13.2 Å². The maximum Gasteiger partial charge on any atom is 0.126 e. The normalized spacial score (nSPS) is 55.1. The summed E-state index contributed by atoms with van der Waals surface area (Å²) in [7, 11) is 0. The summed E-state index contributed by atoms with van der Waals surface area (Å²) in [6.45, 7) is 4.40. The van der Waals surface area contributed by atoms with Crippen molar-refractivity contribution in [3.8, 4) is 0 Å². The maximum absolute atomic E-state index is 10.6. The Bertz CT molecular complexity index is 444. The van der Waals surface area contributed by atoms with Gasteiger partial charge in [-0.25, -0.2) is 0 Å². The zero-order valence-corrected chi connectivity index (χ0v) is 12.0. The van der Waals surface area contributed by atoms with Crippen molar-refractivity contribution < 1.29 is 25.2 Å². The molecule has 0 aromatic rings. The van der Waals surface area contributed by atoms with Crippen molar-refractivity contribution in [1.29, 1.82) is 0 Å². The van der Waals surface area contributed by atoms with Gasteiger partial charge in [0.05, 0.1) is 25.4 Å². The van der Waals surface area contributed by atoms with Crippen LogP contribution in [0.25, 0.3) is 0 Å². The van der Waals surface area contributed by atoms with Crippen molar-refractivity contribution in [3.05, 3.63) is 11.6 Å². The molecule has 1 unspecified atom stereocenters. The molecule has 6 atom stereocenters. The van der Waals surface area contributed by atoms with Gasteiger partial charge in [-0.2, -0.15) is 0 Å². The molecule has 0 bridgehead atoms. The Labute approximate surface area is 118 Å². The third-order valence-electron chi connectivity index (χ3n) is 6.32. The minimum atomic E-state index is -0.889. The highest BCUT2D eigenvalue weighted by molar-refractivity contribution is 5.27. The molecule has 3 rings (SSSR count). The minimum absolute atomic E-state index is 0.0310. The molecular formula is C15H24O5. The fourth-order valence-electron chi connectivity index (χ4n) is 4.42. The number of hydrogen-bond donors (Lipinski definition) is 4. The van der Waals surface area contributed by atoms with E-state index in [1.54, 1.807) is 6.08 Å². The van der Waals surface area contributed by atoms with E-state index < -0.39 is 34.7 Å². The van der Waals surface area contributed by atoms with Gasteiger partial charge in [-0.15, -0.1) is 0 Å². The van der Waals surface area contributed by atoms with Crippen LogP contribution in [0.5, 0.6) is 0 Å². The summed E-state index contributed by atoms with van der Waals surface area (Å²) in [5, 5.41) is 40.1. The lowest BCUT2D eigenvalue weighted by molar-refractivity contribution is -0.0929. The van der Waals surface area contributed by atoms with Crippen LogP contribution in [-0.2, 0) is 4.74 Å². The van der Waals surface area contributed by atoms with E-state index in [1.165, 1.54) is 0 Å². The number of hydrogen-bond acceptors (Lipinski definition) is 5. The summed E-state index contributed by atoms with van der Waals surface area (Å²) >= 11 is 0. The molecule has 4 N–H and O–H groups in total. The molecule has 3 aliphatic rings. The van der Waals surface area contributed by atoms with Gasteiger partial charge in [0.1, 0.15) is 11.7 Å². The molecule has 1 saturated carbocycles. The number of epoxide rings is 1. The van der Waals surface area contributed by atoms with Crippen LogP contribution in [0.1, 0.15) is 33.1 Å². The highest BCUT2D eigenvalue weighted by atomic mass is 16.6. The number of ether oxygens (including phenoxy) is 1. The van der Waals surface area contributed by atoms with Crippen molar-refractivity contribution >= 4 is 0 Å². The summed E-state index contributed by atoms with van der Waals surface area (Å²) in [4.78, 5) is 0. The Morgan fingerprint density at radius 1 is 1.30 bits per heavy atom. The van der Waals surface area contributed by atoms with Gasteiger partial charge < -0.3 is 25.2 Å². The van der Waals surface area contributed by atoms with E-state index in [-0.39, 0.29) is 6.61 Å². The second-order valence-corrected chi connectivity index (χ2v) is 7.07. The molecule has 0 amide bonds. The van der Waals surface area contributed by atoms with Crippen molar-refractivity contribution in [1.82, 2.24) is 0 Å². The van der Waals surface area contributed by atoms with E-state index in [0.717, 1.165) is 12.0 Å². The predicted molar refractivity (Wildman–Crippen MR) is 71.9 cm³/mol. The number of aliphatic hydroxyl groups is 4. The van der Waals surface area contributed by atoms with Crippen LogP contribution in [-0.4, -0.2) is 57.6 Å². The first-order chi connectivity index (χ1) is 9.31. The predicted octanol–water partition coefficient (Wildman–Crippen LogP) is -0.0331. The van der Waals surface area contributed by atoms with E-state index in [4.69, 9.17) is 4.74 Å². The zero-order chi connectivity index (χ0) is 14.8. The lowest BCUT2D eigenvalue weighted by atomic mass is 9.54. The average Bonchev–Trinajstić information content (AvgIpc) is 3.19. The molecule has 0 radical (unpaired) electrons. The van der Waals surface area contributed by atoms with Gasteiger partial charge in [-0.3, -0.25) is 0 Å². The van der Waals surface area contributed by atoms with Crippen LogP contribution in [0.4, 0.5) is 0 Å². The standard InChI is InChI=1S/C15H24O5/c1-13(4-3-9(7-16)5-11(13)18)14(2)6-10(17)12(19)15(14)8-20-15/h5,10-12,16-19H,3-4,6-8H2,1-2H3/t10-,11+,12-,13+,14-,15?/m1/s1. The number of aliphatic hydroxyl groups excluding tert-OH is 4. The Morgan fingerprint density at radius 2 is 1.95 bits per heavy atom. The van der Waals surface area contributed by atoms with Crippen LogP contribution >= 0.6 is 0 Å². The molecule has 2 aliphatic carbocycles. The lowest BCUT2D eigenvalue weighted by Crippen LogP contribution is -2.54. The molecule has 5 nitrogen and oxygen atoms in total. The van der Waals surface area contributed by atoms with Gasteiger partial charge in [0.15, 0.2) is 0 Å². The van der Waals surface area contributed by atoms with Gasteiger partial charge in [0.2, 0.25) is 0 Å². The van der Waals surface area contributed by atoms with Gasteiger partial charge in [0, 0.05) is 10.8 Å². The highest BCUT2D eigenvalue weighted by Crippen LogP contribution is 2.66. The summed E-state index contributed by atoms with van der Waals surface area (Å²) in [5.41, 5.74) is -0.855. The maximum atomic E-state index is 10.6. The Balaban J connectivity index is 1.98. The van der Waals surface area contributed by atoms with E-state index in [2.05, 4.69) is 0 Å². The van der Waals surface area contributed by atoms with Crippen LogP contribution in [0.2, 0.25) is 0 Å². The van der Waals surface area contributed by atoms with Crippen LogP contribution in [0, 0.1) is 10.8 Å². The third-order valence-corrected chi connectivity index (χ3v) is 6.32. The van der Waals surface area contributed by atoms with Crippen molar-refractivity contribution in [2.24, 2.45) is 10.8 Å². The second kappa shape index (κ2) is 4.27. The molecule has 1 heterocycles. The summed E-state index contributed by atoms with van der Waals surface area (Å²) < 4.78 is 5.58. The van der Waals surface area contributed by atoms with Gasteiger partial charge in [-0.1, -0.05) is 19.9 Å². The minimum Gasteiger partial charge on any atom is -0.392 e. The Kier molecular flexibility index (Phi) is 3.09. The molecular weight excluding hydrogens is 260 g/mol. The SMILES string of the molecule is C[C@]1([C@@]2(C)C[C@@H](O)[C@@H](O)C23CO3)CCC(CO)=C[C@@H]1O. The third kappa shape index (κ3) is 1.56. The summed E-state index contributed by atoms with van der Waals surface area (Å²) in [5.74, 6) is 0. The molecule has 5 heteroatoms. The lowest BCUT2D eigenvalue weighted by Gasteiger charge is -2.51. The van der Waals surface area contributed by atoms with E-state index in [9.17, 15) is 20.4 Å². The van der Waals surface area contributed by atoms with Gasteiger partial charge >= 0.3 is 0 Å². The Morgan fingerprint density at radius 3 is 2.45 bits per heavy atom. The first kappa shape index (κ1) is 14.5. The molecule has 114 valence electrons. The van der Waals surface area contributed by atoms with E-state index >= 15 is 0 Å². The monoisotopic (exact) mass is 284 g/mol. The van der Waals surface area contributed by atoms with E-state index in [0.29, 0.717) is 19.4 Å². The molecule has 0 aromatic carbocycles. The van der Waals surface area contributed by atoms with Crippen LogP contribution < -0.4 is 0 Å².